The highest BCUT2D eigenvalue weighted by molar-refractivity contribution is 5.83. The Balaban J connectivity index is 0. The molecule has 1 heteroatoms. The minimum Gasteiger partial charge on any atom is -0.299 e. The molecule has 0 aromatic heterocycles. The SMILES string of the molecule is C.CC1CCC(C(=O)C2CCC(C3CCC(C)CC3)CC2)CC1.[HH].[HH].[HH]. The van der Waals surface area contributed by atoms with Crippen molar-refractivity contribution in [2.45, 2.75) is 98.3 Å². The van der Waals surface area contributed by atoms with E-state index in [0.29, 0.717) is 17.6 Å². The van der Waals surface area contributed by atoms with Gasteiger partial charge in [0.1, 0.15) is 5.78 Å². The van der Waals surface area contributed by atoms with Gasteiger partial charge in [-0.3, -0.25) is 4.79 Å². The summed E-state index contributed by atoms with van der Waals surface area (Å²) < 4.78 is 0. The molecule has 0 aromatic carbocycles. The van der Waals surface area contributed by atoms with Crippen LogP contribution in [0.2, 0.25) is 0 Å². The summed E-state index contributed by atoms with van der Waals surface area (Å²) in [5, 5.41) is 0. The van der Waals surface area contributed by atoms with Crippen molar-refractivity contribution in [2.24, 2.45) is 35.5 Å². The van der Waals surface area contributed by atoms with Gasteiger partial charge in [-0.15, -0.1) is 0 Å². The maximum absolute atomic E-state index is 12.8. The van der Waals surface area contributed by atoms with Crippen LogP contribution in [-0.4, -0.2) is 5.78 Å². The average Bonchev–Trinajstić information content (AvgIpc) is 2.56. The zero-order valence-corrected chi connectivity index (χ0v) is 14.9. The second kappa shape index (κ2) is 8.67. The van der Waals surface area contributed by atoms with Crippen LogP contribution >= 0.6 is 0 Å². The highest BCUT2D eigenvalue weighted by Crippen LogP contribution is 2.42. The zero-order chi connectivity index (χ0) is 15.5. The molecule has 0 atom stereocenters. The van der Waals surface area contributed by atoms with Gasteiger partial charge in [0.15, 0.2) is 0 Å². The molecule has 3 rings (SSSR count). The molecule has 3 fully saturated rings. The molecule has 0 N–H and O–H groups in total. The van der Waals surface area contributed by atoms with Gasteiger partial charge in [-0.25, -0.2) is 0 Å². The Labute approximate surface area is 149 Å². The van der Waals surface area contributed by atoms with Crippen LogP contribution in [0.5, 0.6) is 0 Å². The lowest BCUT2D eigenvalue weighted by atomic mass is 9.67. The van der Waals surface area contributed by atoms with Crippen LogP contribution in [0.4, 0.5) is 0 Å². The Bertz CT molecular complexity index is 364. The van der Waals surface area contributed by atoms with Crippen molar-refractivity contribution < 1.29 is 9.07 Å². The molecule has 0 unspecified atom stereocenters. The highest BCUT2D eigenvalue weighted by atomic mass is 16.1. The Hall–Kier alpha value is -0.330. The van der Waals surface area contributed by atoms with Crippen LogP contribution in [0.3, 0.4) is 0 Å². The summed E-state index contributed by atoms with van der Waals surface area (Å²) in [6.07, 6.45) is 15.9. The van der Waals surface area contributed by atoms with Crippen molar-refractivity contribution in [2.75, 3.05) is 0 Å². The fraction of sp³-hybridized carbons (Fsp3) is 0.955. The number of hydrogen-bond donors (Lipinski definition) is 0. The molecular weight excluding hydrogens is 280 g/mol. The fourth-order valence-corrected chi connectivity index (χ4v) is 5.51. The smallest absolute Gasteiger partial charge is 0.139 e. The molecule has 3 saturated carbocycles. The molecule has 0 heterocycles. The van der Waals surface area contributed by atoms with Crippen molar-refractivity contribution >= 4 is 5.78 Å². The van der Waals surface area contributed by atoms with Gasteiger partial charge in [-0.1, -0.05) is 47.0 Å². The predicted molar refractivity (Wildman–Crippen MR) is 106 cm³/mol. The van der Waals surface area contributed by atoms with E-state index < -0.39 is 0 Å². The highest BCUT2D eigenvalue weighted by Gasteiger charge is 2.35. The molecule has 0 aliphatic heterocycles. The maximum Gasteiger partial charge on any atom is 0.139 e. The monoisotopic (exact) mass is 326 g/mol. The van der Waals surface area contributed by atoms with Gasteiger partial charge in [0.2, 0.25) is 0 Å². The number of carbonyl (C=O) groups is 1. The normalized spacial score (nSPS) is 41.8. The standard InChI is InChI=1S/C21H36O.CH4.3H2/c1-15-3-7-17(8-4-15)18-11-13-20(14-12-18)21(22)19-9-5-16(2)6-10-19;;;;/h15-20H,3-14H2,1-2H3;1H4;3*1H. The summed E-state index contributed by atoms with van der Waals surface area (Å²) >= 11 is 0. The van der Waals surface area contributed by atoms with E-state index in [1.165, 1.54) is 77.0 Å². The van der Waals surface area contributed by atoms with Crippen LogP contribution in [0, 0.1) is 35.5 Å². The lowest BCUT2D eigenvalue weighted by Gasteiger charge is -2.38. The predicted octanol–water partition coefficient (Wildman–Crippen LogP) is 7.39. The molecule has 0 amide bonds. The topological polar surface area (TPSA) is 17.1 Å². The number of ketones is 1. The Morgan fingerprint density at radius 1 is 0.609 bits per heavy atom. The third-order valence-electron chi connectivity index (χ3n) is 7.32. The van der Waals surface area contributed by atoms with Crippen molar-refractivity contribution in [1.29, 1.82) is 0 Å². The molecule has 0 aromatic rings. The van der Waals surface area contributed by atoms with Crippen LogP contribution in [0.15, 0.2) is 0 Å². The molecule has 140 valence electrons. The lowest BCUT2D eigenvalue weighted by molar-refractivity contribution is -0.129. The lowest BCUT2D eigenvalue weighted by Crippen LogP contribution is -2.32. The molecule has 0 saturated heterocycles. The third kappa shape index (κ3) is 4.83. The van der Waals surface area contributed by atoms with E-state index in [4.69, 9.17) is 0 Å². The Morgan fingerprint density at radius 2 is 0.913 bits per heavy atom. The van der Waals surface area contributed by atoms with Crippen LogP contribution in [-0.2, 0) is 4.79 Å². The molecule has 0 radical (unpaired) electrons. The summed E-state index contributed by atoms with van der Waals surface area (Å²) in [5.74, 6) is 5.26. The fourth-order valence-electron chi connectivity index (χ4n) is 5.51. The van der Waals surface area contributed by atoms with E-state index in [0.717, 1.165) is 23.7 Å². The molecular formula is C22H46O. The minimum atomic E-state index is 0. The third-order valence-corrected chi connectivity index (χ3v) is 7.32. The van der Waals surface area contributed by atoms with E-state index in [1.807, 2.05) is 0 Å². The minimum absolute atomic E-state index is 0. The van der Waals surface area contributed by atoms with E-state index >= 15 is 0 Å². The van der Waals surface area contributed by atoms with Crippen molar-refractivity contribution in [3.05, 3.63) is 0 Å². The van der Waals surface area contributed by atoms with Gasteiger partial charge >= 0.3 is 0 Å². The number of hydrogen-bond acceptors (Lipinski definition) is 1. The first-order valence-electron chi connectivity index (χ1n) is 10.2. The molecule has 23 heavy (non-hydrogen) atoms. The summed E-state index contributed by atoms with van der Waals surface area (Å²) in [7, 11) is 0. The van der Waals surface area contributed by atoms with Crippen molar-refractivity contribution in [3.63, 3.8) is 0 Å². The Morgan fingerprint density at radius 3 is 1.35 bits per heavy atom. The van der Waals surface area contributed by atoms with Crippen molar-refractivity contribution in [1.82, 2.24) is 0 Å². The first kappa shape index (κ1) is 19.0. The molecule has 3 aliphatic rings. The van der Waals surface area contributed by atoms with Crippen LogP contribution in [0.25, 0.3) is 0 Å². The van der Waals surface area contributed by atoms with E-state index in [9.17, 15) is 4.79 Å². The number of rotatable bonds is 3. The summed E-state index contributed by atoms with van der Waals surface area (Å²) in [5.41, 5.74) is 0. The van der Waals surface area contributed by atoms with Gasteiger partial charge in [0, 0.05) is 16.1 Å². The summed E-state index contributed by atoms with van der Waals surface area (Å²) in [6.45, 7) is 4.76. The maximum atomic E-state index is 12.8. The summed E-state index contributed by atoms with van der Waals surface area (Å²) in [4.78, 5) is 12.8. The average molecular weight is 327 g/mol. The van der Waals surface area contributed by atoms with Gasteiger partial charge in [-0.05, 0) is 75.0 Å². The molecule has 1 nitrogen and oxygen atoms in total. The summed E-state index contributed by atoms with van der Waals surface area (Å²) in [6, 6.07) is 0. The quantitative estimate of drug-likeness (QED) is 0.528. The van der Waals surface area contributed by atoms with Gasteiger partial charge in [0.25, 0.3) is 0 Å². The van der Waals surface area contributed by atoms with Gasteiger partial charge in [-0.2, -0.15) is 0 Å². The van der Waals surface area contributed by atoms with E-state index in [1.54, 1.807) is 0 Å². The van der Waals surface area contributed by atoms with Crippen LogP contribution in [0.1, 0.15) is 103 Å². The zero-order valence-electron chi connectivity index (χ0n) is 14.9. The van der Waals surface area contributed by atoms with Crippen LogP contribution < -0.4 is 0 Å². The van der Waals surface area contributed by atoms with E-state index in [-0.39, 0.29) is 11.7 Å². The second-order valence-electron chi connectivity index (χ2n) is 8.99. The first-order chi connectivity index (χ1) is 10.6. The number of Topliss-reactive ketones (excluding diaryl/α,β-unsaturated/α-hetero) is 1. The van der Waals surface area contributed by atoms with Crippen molar-refractivity contribution in [3.8, 4) is 0 Å². The Kier molecular flexibility index (Phi) is 7.17. The number of carbonyl (C=O) groups excluding carboxylic acids is 1. The molecule has 0 spiro atoms. The molecule has 0 bridgehead atoms. The largest absolute Gasteiger partial charge is 0.299 e. The second-order valence-corrected chi connectivity index (χ2v) is 8.99. The van der Waals surface area contributed by atoms with Gasteiger partial charge < -0.3 is 0 Å². The van der Waals surface area contributed by atoms with E-state index in [2.05, 4.69) is 13.8 Å². The van der Waals surface area contributed by atoms with Gasteiger partial charge in [0.05, 0.1) is 0 Å². The first-order valence-corrected chi connectivity index (χ1v) is 10.2. The molecule has 3 aliphatic carbocycles.